The number of fused-ring (bicyclic) bond motifs is 1. The normalized spacial score (nSPS) is 11.6. The van der Waals surface area contributed by atoms with Gasteiger partial charge in [-0.25, -0.2) is 0 Å². The third-order valence-corrected chi connectivity index (χ3v) is 3.87. The average molecular weight is 276 g/mol. The summed E-state index contributed by atoms with van der Waals surface area (Å²) in [6.07, 6.45) is 4.48. The van der Waals surface area contributed by atoms with E-state index in [-0.39, 0.29) is 0 Å². The second-order valence-corrected chi connectivity index (χ2v) is 6.37. The van der Waals surface area contributed by atoms with Gasteiger partial charge < -0.3 is 9.88 Å². The van der Waals surface area contributed by atoms with Gasteiger partial charge in [0, 0.05) is 35.9 Å². The van der Waals surface area contributed by atoms with Crippen LogP contribution in [0, 0.1) is 5.92 Å². The fourth-order valence-corrected chi connectivity index (χ4v) is 2.71. The molecule has 0 amide bonds. The number of para-hydroxylation sites is 1. The highest BCUT2D eigenvalue weighted by Gasteiger charge is 2.07. The largest absolute Gasteiger partial charge is 0.346 e. The summed E-state index contributed by atoms with van der Waals surface area (Å²) in [5, 5.41) is 4.93. The monoisotopic (exact) mass is 276 g/mol. The van der Waals surface area contributed by atoms with Gasteiger partial charge in [0.1, 0.15) is 0 Å². The Hall–Kier alpha value is -0.930. The van der Waals surface area contributed by atoms with Crippen molar-refractivity contribution in [3.05, 3.63) is 36.0 Å². The molecule has 0 unspecified atom stereocenters. The van der Waals surface area contributed by atoms with Crippen LogP contribution in [0.5, 0.6) is 0 Å². The Bertz CT molecular complexity index is 516. The van der Waals surface area contributed by atoms with Crippen LogP contribution in [0.1, 0.15) is 19.4 Å². The van der Waals surface area contributed by atoms with Crippen molar-refractivity contribution in [1.29, 1.82) is 0 Å². The van der Waals surface area contributed by atoms with Gasteiger partial charge in [-0.1, -0.05) is 32.0 Å². The number of benzene rings is 1. The number of thioether (sulfide) groups is 1. The molecule has 0 saturated carbocycles. The molecule has 104 valence electrons. The maximum atomic E-state index is 3.54. The Labute approximate surface area is 120 Å². The SMILES string of the molecule is CSCCn1cc(CNCC(C)C)c2ccccc21. The van der Waals surface area contributed by atoms with Crippen LogP contribution in [0.4, 0.5) is 0 Å². The number of hydrogen-bond acceptors (Lipinski definition) is 2. The number of aryl methyl sites for hydroxylation is 1. The Morgan fingerprint density at radius 2 is 2.05 bits per heavy atom. The van der Waals surface area contributed by atoms with Crippen molar-refractivity contribution in [2.45, 2.75) is 26.9 Å². The average Bonchev–Trinajstić information content (AvgIpc) is 2.75. The van der Waals surface area contributed by atoms with Crippen LogP contribution in [0.3, 0.4) is 0 Å². The molecule has 1 aromatic carbocycles. The first kappa shape index (κ1) is 14.5. The van der Waals surface area contributed by atoms with Crippen LogP contribution in [-0.2, 0) is 13.1 Å². The van der Waals surface area contributed by atoms with Gasteiger partial charge in [-0.3, -0.25) is 0 Å². The van der Waals surface area contributed by atoms with E-state index >= 15 is 0 Å². The lowest BCUT2D eigenvalue weighted by Crippen LogP contribution is -2.18. The molecule has 2 aromatic rings. The Morgan fingerprint density at radius 1 is 1.26 bits per heavy atom. The van der Waals surface area contributed by atoms with Crippen molar-refractivity contribution < 1.29 is 0 Å². The van der Waals surface area contributed by atoms with E-state index in [0.29, 0.717) is 5.92 Å². The van der Waals surface area contributed by atoms with E-state index < -0.39 is 0 Å². The first-order valence-corrected chi connectivity index (χ1v) is 8.38. The first-order valence-electron chi connectivity index (χ1n) is 6.98. The van der Waals surface area contributed by atoms with E-state index in [9.17, 15) is 0 Å². The summed E-state index contributed by atoms with van der Waals surface area (Å²) in [5.74, 6) is 1.86. The summed E-state index contributed by atoms with van der Waals surface area (Å²) in [6.45, 7) is 7.62. The summed E-state index contributed by atoms with van der Waals surface area (Å²) >= 11 is 1.90. The highest BCUT2D eigenvalue weighted by atomic mass is 32.2. The first-order chi connectivity index (χ1) is 9.22. The van der Waals surface area contributed by atoms with Gasteiger partial charge in [0.15, 0.2) is 0 Å². The van der Waals surface area contributed by atoms with E-state index in [4.69, 9.17) is 0 Å². The van der Waals surface area contributed by atoms with Gasteiger partial charge in [0.25, 0.3) is 0 Å². The third-order valence-electron chi connectivity index (χ3n) is 3.28. The van der Waals surface area contributed by atoms with Crippen LogP contribution in [0.15, 0.2) is 30.5 Å². The minimum absolute atomic E-state index is 0.699. The molecular weight excluding hydrogens is 252 g/mol. The quantitative estimate of drug-likeness (QED) is 0.829. The van der Waals surface area contributed by atoms with Crippen LogP contribution < -0.4 is 5.32 Å². The van der Waals surface area contributed by atoms with Crippen molar-refractivity contribution in [3.63, 3.8) is 0 Å². The second kappa shape index (κ2) is 7.01. The maximum Gasteiger partial charge on any atom is 0.0483 e. The van der Waals surface area contributed by atoms with E-state index in [1.54, 1.807) is 0 Å². The Morgan fingerprint density at radius 3 is 2.79 bits per heavy atom. The third kappa shape index (κ3) is 3.77. The number of nitrogens with zero attached hydrogens (tertiary/aromatic N) is 1. The Balaban J connectivity index is 2.18. The van der Waals surface area contributed by atoms with Gasteiger partial charge in [-0.05, 0) is 30.3 Å². The Kier molecular flexibility index (Phi) is 5.34. The van der Waals surface area contributed by atoms with Crippen molar-refractivity contribution in [2.75, 3.05) is 18.6 Å². The molecule has 0 fully saturated rings. The molecule has 0 bridgehead atoms. The molecule has 2 nitrogen and oxygen atoms in total. The molecule has 1 aromatic heterocycles. The minimum Gasteiger partial charge on any atom is -0.346 e. The van der Waals surface area contributed by atoms with Gasteiger partial charge in [0.05, 0.1) is 0 Å². The summed E-state index contributed by atoms with van der Waals surface area (Å²) in [6, 6.07) is 8.72. The summed E-state index contributed by atoms with van der Waals surface area (Å²) in [4.78, 5) is 0. The van der Waals surface area contributed by atoms with Crippen LogP contribution in [-0.4, -0.2) is 23.1 Å². The molecule has 2 rings (SSSR count). The molecule has 1 N–H and O–H groups in total. The molecule has 1 heterocycles. The zero-order valence-corrected chi connectivity index (χ0v) is 13.0. The molecule has 3 heteroatoms. The second-order valence-electron chi connectivity index (χ2n) is 5.38. The van der Waals surface area contributed by atoms with Crippen molar-refractivity contribution >= 4 is 22.7 Å². The van der Waals surface area contributed by atoms with E-state index in [2.05, 4.69) is 60.4 Å². The number of aromatic nitrogens is 1. The summed E-state index contributed by atoms with van der Waals surface area (Å²) in [7, 11) is 0. The predicted octanol–water partition coefficient (Wildman–Crippen LogP) is 3.75. The fraction of sp³-hybridized carbons (Fsp3) is 0.500. The van der Waals surface area contributed by atoms with Crippen LogP contribution in [0.25, 0.3) is 10.9 Å². The predicted molar refractivity (Wildman–Crippen MR) is 86.9 cm³/mol. The van der Waals surface area contributed by atoms with E-state index in [1.807, 2.05) is 11.8 Å². The topological polar surface area (TPSA) is 17.0 Å². The lowest BCUT2D eigenvalue weighted by atomic mass is 10.1. The molecule has 0 radical (unpaired) electrons. The molecule has 0 aliphatic carbocycles. The summed E-state index contributed by atoms with van der Waals surface area (Å²) in [5.41, 5.74) is 2.77. The molecule has 19 heavy (non-hydrogen) atoms. The number of nitrogens with one attached hydrogen (secondary N) is 1. The molecule has 0 aliphatic rings. The van der Waals surface area contributed by atoms with Crippen molar-refractivity contribution in [1.82, 2.24) is 9.88 Å². The molecule has 0 spiro atoms. The van der Waals surface area contributed by atoms with E-state index in [1.165, 1.54) is 16.5 Å². The van der Waals surface area contributed by atoms with Gasteiger partial charge >= 0.3 is 0 Å². The van der Waals surface area contributed by atoms with Crippen molar-refractivity contribution in [2.24, 2.45) is 5.92 Å². The molecule has 0 atom stereocenters. The summed E-state index contributed by atoms with van der Waals surface area (Å²) < 4.78 is 2.39. The standard InChI is InChI=1S/C16H24N2S/c1-13(2)10-17-11-14-12-18(8-9-19-3)16-7-5-4-6-15(14)16/h4-7,12-13,17H,8-11H2,1-3H3. The zero-order chi connectivity index (χ0) is 13.7. The lowest BCUT2D eigenvalue weighted by molar-refractivity contribution is 0.553. The van der Waals surface area contributed by atoms with Gasteiger partial charge in [-0.2, -0.15) is 11.8 Å². The fourth-order valence-electron chi connectivity index (χ4n) is 2.33. The minimum atomic E-state index is 0.699. The number of rotatable bonds is 7. The highest BCUT2D eigenvalue weighted by molar-refractivity contribution is 7.98. The smallest absolute Gasteiger partial charge is 0.0483 e. The van der Waals surface area contributed by atoms with Crippen LogP contribution >= 0.6 is 11.8 Å². The molecular formula is C16H24N2S. The van der Waals surface area contributed by atoms with E-state index in [0.717, 1.165) is 25.4 Å². The van der Waals surface area contributed by atoms with Crippen LogP contribution in [0.2, 0.25) is 0 Å². The maximum absolute atomic E-state index is 3.54. The molecule has 0 aliphatic heterocycles. The zero-order valence-electron chi connectivity index (χ0n) is 12.1. The van der Waals surface area contributed by atoms with Crippen molar-refractivity contribution in [3.8, 4) is 0 Å². The van der Waals surface area contributed by atoms with Gasteiger partial charge in [0.2, 0.25) is 0 Å². The molecule has 0 saturated heterocycles. The van der Waals surface area contributed by atoms with Gasteiger partial charge in [-0.15, -0.1) is 0 Å². The highest BCUT2D eigenvalue weighted by Crippen LogP contribution is 2.21. The lowest BCUT2D eigenvalue weighted by Gasteiger charge is -2.06. The number of hydrogen-bond donors (Lipinski definition) is 1.